The number of hydrogen-bond donors (Lipinski definition) is 2. The molecule has 5 nitrogen and oxygen atoms in total. The Bertz CT molecular complexity index is 1350. The standard InChI is InChI=1S/C26H23N5S2/c1-31(2)21-14-12-20(13-15-21)28-26-30-24(27)23(33-26)25-29-22(16-32-25)19-10-8-18(9-11-19)17-6-4-3-5-7-17/h3-16H,27H2,1-2H3,(H,28,30). The van der Waals surface area contributed by atoms with Crippen LogP contribution in [0, 0.1) is 0 Å². The minimum atomic E-state index is 0.493. The van der Waals surface area contributed by atoms with Gasteiger partial charge >= 0.3 is 0 Å². The van der Waals surface area contributed by atoms with Gasteiger partial charge in [0.15, 0.2) is 5.13 Å². The van der Waals surface area contributed by atoms with Crippen LogP contribution in [0.1, 0.15) is 0 Å². The fraction of sp³-hybridized carbons (Fsp3) is 0.0769. The molecule has 0 fully saturated rings. The number of hydrogen-bond acceptors (Lipinski definition) is 7. The number of nitrogens with one attached hydrogen (secondary N) is 1. The first-order valence-electron chi connectivity index (χ1n) is 10.5. The summed E-state index contributed by atoms with van der Waals surface area (Å²) in [6.07, 6.45) is 0. The Morgan fingerprint density at radius 3 is 2.15 bits per heavy atom. The van der Waals surface area contributed by atoms with Crippen LogP contribution in [0.2, 0.25) is 0 Å². The van der Waals surface area contributed by atoms with Gasteiger partial charge in [-0.25, -0.2) is 9.97 Å². The summed E-state index contributed by atoms with van der Waals surface area (Å²) >= 11 is 3.10. The maximum atomic E-state index is 6.24. The van der Waals surface area contributed by atoms with Gasteiger partial charge in [-0.3, -0.25) is 0 Å². The topological polar surface area (TPSA) is 67.1 Å². The van der Waals surface area contributed by atoms with E-state index >= 15 is 0 Å². The van der Waals surface area contributed by atoms with E-state index in [-0.39, 0.29) is 0 Å². The molecule has 0 spiro atoms. The van der Waals surface area contributed by atoms with E-state index in [1.54, 1.807) is 11.3 Å². The number of nitrogens with two attached hydrogens (primary N) is 1. The second-order valence-electron chi connectivity index (χ2n) is 7.78. The molecule has 164 valence electrons. The van der Waals surface area contributed by atoms with Gasteiger partial charge in [0, 0.05) is 36.4 Å². The van der Waals surface area contributed by atoms with E-state index in [1.807, 2.05) is 32.3 Å². The van der Waals surface area contributed by atoms with Crippen LogP contribution in [0.4, 0.5) is 22.3 Å². The largest absolute Gasteiger partial charge is 0.382 e. The van der Waals surface area contributed by atoms with Crippen LogP contribution >= 0.6 is 22.7 Å². The fourth-order valence-electron chi connectivity index (χ4n) is 3.48. The highest BCUT2D eigenvalue weighted by Gasteiger charge is 2.15. The summed E-state index contributed by atoms with van der Waals surface area (Å²) in [5.41, 5.74) is 12.8. The van der Waals surface area contributed by atoms with Crippen LogP contribution in [-0.2, 0) is 0 Å². The summed E-state index contributed by atoms with van der Waals surface area (Å²) in [5.74, 6) is 0.493. The number of nitrogens with zero attached hydrogens (tertiary/aromatic N) is 3. The molecule has 0 aliphatic rings. The Balaban J connectivity index is 1.34. The molecule has 0 radical (unpaired) electrons. The highest BCUT2D eigenvalue weighted by atomic mass is 32.1. The minimum Gasteiger partial charge on any atom is -0.382 e. The van der Waals surface area contributed by atoms with Gasteiger partial charge < -0.3 is 16.0 Å². The van der Waals surface area contributed by atoms with E-state index in [1.165, 1.54) is 22.5 Å². The summed E-state index contributed by atoms with van der Waals surface area (Å²) in [4.78, 5) is 12.3. The quantitative estimate of drug-likeness (QED) is 0.280. The van der Waals surface area contributed by atoms with E-state index < -0.39 is 0 Å². The number of nitrogen functional groups attached to an aromatic ring is 1. The third-order valence-corrected chi connectivity index (χ3v) is 7.26. The van der Waals surface area contributed by atoms with E-state index in [0.29, 0.717) is 5.82 Å². The Morgan fingerprint density at radius 2 is 1.45 bits per heavy atom. The second-order valence-corrected chi connectivity index (χ2v) is 9.64. The van der Waals surface area contributed by atoms with E-state index in [9.17, 15) is 0 Å². The third-order valence-electron chi connectivity index (χ3n) is 5.27. The Kier molecular flexibility index (Phi) is 5.81. The van der Waals surface area contributed by atoms with Crippen LogP contribution in [0.3, 0.4) is 0 Å². The molecular weight excluding hydrogens is 446 g/mol. The zero-order valence-electron chi connectivity index (χ0n) is 18.3. The molecule has 0 saturated carbocycles. The van der Waals surface area contributed by atoms with Gasteiger partial charge in [-0.15, -0.1) is 11.3 Å². The van der Waals surface area contributed by atoms with Crippen molar-refractivity contribution in [2.45, 2.75) is 0 Å². The molecule has 33 heavy (non-hydrogen) atoms. The lowest BCUT2D eigenvalue weighted by molar-refractivity contribution is 1.13. The van der Waals surface area contributed by atoms with Crippen LogP contribution < -0.4 is 16.0 Å². The van der Waals surface area contributed by atoms with Crippen molar-refractivity contribution in [1.29, 1.82) is 0 Å². The fourth-order valence-corrected chi connectivity index (χ4v) is 5.31. The van der Waals surface area contributed by atoms with Gasteiger partial charge in [-0.05, 0) is 35.4 Å². The van der Waals surface area contributed by atoms with Gasteiger partial charge in [0.25, 0.3) is 0 Å². The predicted octanol–water partition coefficient (Wildman–Crippen LogP) is 6.99. The molecule has 0 unspecified atom stereocenters. The van der Waals surface area contributed by atoms with Gasteiger partial charge in [-0.2, -0.15) is 0 Å². The number of thiazole rings is 2. The normalized spacial score (nSPS) is 10.8. The molecule has 0 saturated heterocycles. The van der Waals surface area contributed by atoms with E-state index in [4.69, 9.17) is 10.7 Å². The molecule has 0 amide bonds. The molecule has 5 rings (SSSR count). The molecule has 7 heteroatoms. The lowest BCUT2D eigenvalue weighted by Gasteiger charge is -2.12. The van der Waals surface area contributed by atoms with E-state index in [0.717, 1.165) is 37.6 Å². The van der Waals surface area contributed by atoms with E-state index in [2.05, 4.69) is 81.2 Å². The molecule has 3 N–H and O–H groups in total. The number of aromatic nitrogens is 2. The highest BCUT2D eigenvalue weighted by Crippen LogP contribution is 2.39. The van der Waals surface area contributed by atoms with Crippen molar-refractivity contribution in [3.63, 3.8) is 0 Å². The van der Waals surface area contributed by atoms with Crippen LogP contribution in [0.15, 0.2) is 84.2 Å². The molecule has 2 aromatic heterocycles. The Morgan fingerprint density at radius 1 is 0.788 bits per heavy atom. The van der Waals surface area contributed by atoms with Crippen molar-refractivity contribution >= 4 is 45.0 Å². The number of benzene rings is 3. The molecule has 0 aliphatic carbocycles. The lowest BCUT2D eigenvalue weighted by Crippen LogP contribution is -2.08. The molecule has 3 aromatic carbocycles. The first-order chi connectivity index (χ1) is 16.1. The monoisotopic (exact) mass is 469 g/mol. The molecule has 0 atom stereocenters. The summed E-state index contributed by atoms with van der Waals surface area (Å²) in [6.45, 7) is 0. The molecular formula is C26H23N5S2. The molecule has 0 aliphatic heterocycles. The van der Waals surface area contributed by atoms with Crippen molar-refractivity contribution in [2.75, 3.05) is 30.0 Å². The van der Waals surface area contributed by atoms with Gasteiger partial charge in [0.1, 0.15) is 15.7 Å². The summed E-state index contributed by atoms with van der Waals surface area (Å²) in [7, 11) is 4.05. The number of anilines is 4. The van der Waals surface area contributed by atoms with Gasteiger partial charge in [0.05, 0.1) is 5.69 Å². The first kappa shape index (κ1) is 21.2. The van der Waals surface area contributed by atoms with Crippen molar-refractivity contribution in [3.05, 3.63) is 84.2 Å². The molecule has 5 aromatic rings. The zero-order valence-corrected chi connectivity index (χ0v) is 20.0. The number of rotatable bonds is 6. The van der Waals surface area contributed by atoms with Crippen molar-refractivity contribution in [3.8, 4) is 32.3 Å². The smallest absolute Gasteiger partial charge is 0.189 e. The highest BCUT2D eigenvalue weighted by molar-refractivity contribution is 7.23. The third kappa shape index (κ3) is 4.60. The average molecular weight is 470 g/mol. The Labute approximate surface area is 201 Å². The van der Waals surface area contributed by atoms with Crippen molar-refractivity contribution in [1.82, 2.24) is 9.97 Å². The Hall–Kier alpha value is -3.68. The van der Waals surface area contributed by atoms with Gasteiger partial charge in [0.2, 0.25) is 0 Å². The maximum absolute atomic E-state index is 6.24. The van der Waals surface area contributed by atoms with Gasteiger partial charge in [-0.1, -0.05) is 65.9 Å². The summed E-state index contributed by atoms with van der Waals surface area (Å²) in [6, 6.07) is 27.1. The first-order valence-corrected chi connectivity index (χ1v) is 12.2. The van der Waals surface area contributed by atoms with Crippen molar-refractivity contribution in [2.24, 2.45) is 0 Å². The van der Waals surface area contributed by atoms with Crippen LogP contribution in [-0.4, -0.2) is 24.1 Å². The minimum absolute atomic E-state index is 0.493. The maximum Gasteiger partial charge on any atom is 0.189 e. The zero-order chi connectivity index (χ0) is 22.8. The lowest BCUT2D eigenvalue weighted by atomic mass is 10.0. The van der Waals surface area contributed by atoms with Crippen LogP contribution in [0.5, 0.6) is 0 Å². The average Bonchev–Trinajstić information content (AvgIpc) is 3.47. The summed E-state index contributed by atoms with van der Waals surface area (Å²) in [5, 5.41) is 7.05. The SMILES string of the molecule is CN(C)c1ccc(Nc2nc(N)c(-c3nc(-c4ccc(-c5ccccc5)cc4)cs3)s2)cc1. The van der Waals surface area contributed by atoms with Crippen molar-refractivity contribution < 1.29 is 0 Å². The van der Waals surface area contributed by atoms with Crippen LogP contribution in [0.25, 0.3) is 32.3 Å². The predicted molar refractivity (Wildman–Crippen MR) is 143 cm³/mol. The molecule has 0 bridgehead atoms. The second kappa shape index (κ2) is 9.05. The summed E-state index contributed by atoms with van der Waals surface area (Å²) < 4.78 is 0. The molecule has 2 heterocycles.